The topological polar surface area (TPSA) is 121 Å². The predicted octanol–water partition coefficient (Wildman–Crippen LogP) is -1.20. The molecule has 0 aromatic carbocycles. The molecule has 2 N–H and O–H groups in total. The Morgan fingerprint density at radius 2 is 2.42 bits per heavy atom. The highest BCUT2D eigenvalue weighted by Gasteiger charge is 2.15. The van der Waals surface area contributed by atoms with Gasteiger partial charge in [0.2, 0.25) is 0 Å². The first-order chi connectivity index (χ1) is 5.61. The standard InChI is InChI=1S/C3H5N5O4/c1-7(9)4-2-3(8(10)11)6-12-5-2/h7,9H,1H3. The van der Waals surface area contributed by atoms with Crippen LogP contribution in [0, 0.1) is 10.1 Å². The Morgan fingerprint density at radius 3 is 2.92 bits per heavy atom. The first kappa shape index (κ1) is 8.36. The van der Waals surface area contributed by atoms with Crippen LogP contribution < -0.4 is 5.17 Å². The molecule has 9 heteroatoms. The van der Waals surface area contributed by atoms with Gasteiger partial charge in [0.25, 0.3) is 0 Å². The number of quaternary nitrogens is 1. The van der Waals surface area contributed by atoms with E-state index in [0.29, 0.717) is 0 Å². The van der Waals surface area contributed by atoms with Crippen molar-refractivity contribution in [2.24, 2.45) is 0 Å². The minimum Gasteiger partial charge on any atom is -0.358 e. The zero-order chi connectivity index (χ0) is 9.14. The Balaban J connectivity index is 2.84. The van der Waals surface area contributed by atoms with Gasteiger partial charge in [0.15, 0.2) is 5.16 Å². The van der Waals surface area contributed by atoms with Crippen LogP contribution >= 0.6 is 0 Å². The monoisotopic (exact) mass is 175 g/mol. The Bertz CT molecular complexity index is 282. The van der Waals surface area contributed by atoms with E-state index in [-0.39, 0.29) is 11.0 Å². The van der Waals surface area contributed by atoms with Crippen molar-refractivity contribution < 1.29 is 19.9 Å². The van der Waals surface area contributed by atoms with Gasteiger partial charge >= 0.3 is 5.82 Å². The highest BCUT2D eigenvalue weighted by molar-refractivity contribution is 5.49. The van der Waals surface area contributed by atoms with E-state index in [0.717, 1.165) is 0 Å². The van der Waals surface area contributed by atoms with Crippen molar-refractivity contribution in [1.82, 2.24) is 10.3 Å². The lowest BCUT2D eigenvalue weighted by atomic mass is 10.7. The van der Waals surface area contributed by atoms with Crippen LogP contribution in [0.1, 0.15) is 0 Å². The van der Waals surface area contributed by atoms with Gasteiger partial charge in [-0.25, -0.2) is 20.4 Å². The summed E-state index contributed by atoms with van der Waals surface area (Å²) in [7, 11) is 1.25. The molecule has 1 aromatic heterocycles. The van der Waals surface area contributed by atoms with E-state index >= 15 is 0 Å². The maximum atomic E-state index is 10.2. The fraction of sp³-hybridized carbons (Fsp3) is 0.333. The molecule has 0 saturated carbocycles. The summed E-state index contributed by atoms with van der Waals surface area (Å²) in [6.07, 6.45) is 0. The molecule has 1 atom stereocenters. The average Bonchev–Trinajstić information content (AvgIpc) is 2.33. The molecule has 12 heavy (non-hydrogen) atoms. The lowest BCUT2D eigenvalue weighted by Gasteiger charge is -2.07. The Labute approximate surface area is 65.6 Å². The summed E-state index contributed by atoms with van der Waals surface area (Å²) >= 11 is 0. The highest BCUT2D eigenvalue weighted by atomic mass is 16.6. The summed E-state index contributed by atoms with van der Waals surface area (Å²) in [4.78, 5) is 9.35. The summed E-state index contributed by atoms with van der Waals surface area (Å²) in [5, 5.41) is 24.5. The number of nitrogens with zero attached hydrogens (tertiary/aromatic N) is 4. The van der Waals surface area contributed by atoms with Gasteiger partial charge in [-0.1, -0.05) is 0 Å². The molecule has 0 spiro atoms. The van der Waals surface area contributed by atoms with Crippen molar-refractivity contribution in [3.8, 4) is 0 Å². The van der Waals surface area contributed by atoms with E-state index in [2.05, 4.69) is 20.4 Å². The van der Waals surface area contributed by atoms with E-state index in [4.69, 9.17) is 5.21 Å². The van der Waals surface area contributed by atoms with Crippen molar-refractivity contribution in [2.75, 3.05) is 7.05 Å². The maximum Gasteiger partial charge on any atom is 0.417 e. The first-order valence-electron chi connectivity index (χ1n) is 2.82. The quantitative estimate of drug-likeness (QED) is 0.439. The van der Waals surface area contributed by atoms with Crippen LogP contribution in [-0.4, -0.2) is 27.5 Å². The van der Waals surface area contributed by atoms with E-state index in [9.17, 15) is 10.1 Å². The summed E-state index contributed by atoms with van der Waals surface area (Å²) in [5.74, 6) is -0.969. The summed E-state index contributed by atoms with van der Waals surface area (Å²) < 4.78 is 4.05. The van der Waals surface area contributed by atoms with Crippen LogP contribution in [0.2, 0.25) is 0 Å². The van der Waals surface area contributed by atoms with Crippen LogP contribution in [0.15, 0.2) is 4.63 Å². The van der Waals surface area contributed by atoms with Crippen LogP contribution in [0.25, 0.3) is 5.43 Å². The lowest BCUT2D eigenvalue weighted by Crippen LogP contribution is -3.01. The molecule has 0 aliphatic rings. The molecule has 1 unspecified atom stereocenters. The molecule has 0 saturated heterocycles. The van der Waals surface area contributed by atoms with E-state index in [1.807, 2.05) is 0 Å². The van der Waals surface area contributed by atoms with Crippen molar-refractivity contribution in [2.45, 2.75) is 0 Å². The van der Waals surface area contributed by atoms with Gasteiger partial charge in [0, 0.05) is 0 Å². The van der Waals surface area contributed by atoms with E-state index in [1.165, 1.54) is 7.05 Å². The number of hydrogen-bond acceptors (Lipinski definition) is 6. The van der Waals surface area contributed by atoms with Gasteiger partial charge in [-0.3, -0.25) is 0 Å². The van der Waals surface area contributed by atoms with Gasteiger partial charge < -0.3 is 10.1 Å². The van der Waals surface area contributed by atoms with Crippen LogP contribution in [0.3, 0.4) is 0 Å². The van der Waals surface area contributed by atoms with Crippen molar-refractivity contribution in [3.05, 3.63) is 15.5 Å². The van der Waals surface area contributed by atoms with Crippen molar-refractivity contribution in [1.29, 1.82) is 0 Å². The number of nitrogens with one attached hydrogen (secondary N) is 1. The molecule has 0 amide bonds. The Hall–Kier alpha value is -1.74. The first-order valence-corrected chi connectivity index (χ1v) is 2.82. The lowest BCUT2D eigenvalue weighted by molar-refractivity contribution is -1.04. The van der Waals surface area contributed by atoms with Gasteiger partial charge in [0.05, 0.1) is 0 Å². The second kappa shape index (κ2) is 3.11. The number of aromatic nitrogens is 2. The van der Waals surface area contributed by atoms with Crippen LogP contribution in [-0.2, 0) is 0 Å². The van der Waals surface area contributed by atoms with Gasteiger partial charge in [-0.2, -0.15) is 5.17 Å². The third kappa shape index (κ3) is 1.65. The number of nitro groups is 1. The molecule has 0 aliphatic heterocycles. The van der Waals surface area contributed by atoms with Crippen LogP contribution in [0.4, 0.5) is 11.6 Å². The molecule has 1 aromatic rings. The average molecular weight is 175 g/mol. The predicted molar refractivity (Wildman–Crippen MR) is 32.6 cm³/mol. The minimum absolute atomic E-state index is 0.347. The van der Waals surface area contributed by atoms with E-state index < -0.39 is 10.7 Å². The molecule has 0 aliphatic carbocycles. The molecule has 0 fully saturated rings. The SMILES string of the molecule is C[NH+](O)[N-]c1nonc1[N+](=O)[O-]. The van der Waals surface area contributed by atoms with Crippen molar-refractivity contribution >= 4 is 11.6 Å². The third-order valence-corrected chi connectivity index (χ3v) is 0.895. The number of rotatable bonds is 3. The Kier molecular flexibility index (Phi) is 2.16. The molecule has 1 heterocycles. The molecular weight excluding hydrogens is 170 g/mol. The largest absolute Gasteiger partial charge is 0.417 e. The van der Waals surface area contributed by atoms with Gasteiger partial charge in [-0.15, -0.1) is 0 Å². The second-order valence-electron chi connectivity index (χ2n) is 1.83. The third-order valence-electron chi connectivity index (χ3n) is 0.895. The van der Waals surface area contributed by atoms with Gasteiger partial charge in [-0.05, 0) is 4.92 Å². The van der Waals surface area contributed by atoms with Gasteiger partial charge in [0.1, 0.15) is 12.9 Å². The number of hydroxylamine groups is 1. The van der Waals surface area contributed by atoms with Crippen molar-refractivity contribution in [3.63, 3.8) is 0 Å². The fourth-order valence-electron chi connectivity index (χ4n) is 0.518. The normalized spacial score (nSPS) is 12.5. The molecule has 0 bridgehead atoms. The summed E-state index contributed by atoms with van der Waals surface area (Å²) in [6.45, 7) is 0. The fourth-order valence-corrected chi connectivity index (χ4v) is 0.518. The zero-order valence-electron chi connectivity index (χ0n) is 5.96. The summed E-state index contributed by atoms with van der Waals surface area (Å²) in [6, 6.07) is 0. The molecule has 66 valence electrons. The smallest absolute Gasteiger partial charge is 0.358 e. The number of hydrogen-bond donors (Lipinski definition) is 2. The minimum atomic E-state index is -0.807. The Morgan fingerprint density at radius 1 is 1.75 bits per heavy atom. The second-order valence-corrected chi connectivity index (χ2v) is 1.83. The highest BCUT2D eigenvalue weighted by Crippen LogP contribution is 2.21. The molecular formula is C3H5N5O4. The molecule has 0 radical (unpaired) electrons. The zero-order valence-corrected chi connectivity index (χ0v) is 5.96. The summed E-state index contributed by atoms with van der Waals surface area (Å²) in [5.41, 5.74) is 3.30. The van der Waals surface area contributed by atoms with Crippen LogP contribution in [0.5, 0.6) is 0 Å². The molecule has 1 rings (SSSR count). The van der Waals surface area contributed by atoms with E-state index in [1.54, 1.807) is 0 Å². The molecule has 9 nitrogen and oxygen atoms in total. The maximum absolute atomic E-state index is 10.2.